The fraction of sp³-hybridized carbons (Fsp3) is 0.706. The lowest BCUT2D eigenvalue weighted by molar-refractivity contribution is -0.697. The highest BCUT2D eigenvalue weighted by molar-refractivity contribution is 7.86. The quantitative estimate of drug-likeness (QED) is 0.258. The van der Waals surface area contributed by atoms with Crippen LogP contribution in [-0.4, -0.2) is 18.5 Å². The first-order valence-electron chi connectivity index (χ1n) is 8.64. The maximum atomic E-state index is 10.7. The van der Waals surface area contributed by atoms with E-state index >= 15 is 0 Å². The lowest BCUT2D eigenvalue weighted by atomic mass is 10.1. The summed E-state index contributed by atoms with van der Waals surface area (Å²) in [5, 5.41) is 0. The molecule has 1 rings (SSSR count). The van der Waals surface area contributed by atoms with E-state index in [-0.39, 0.29) is 0 Å². The predicted molar refractivity (Wildman–Crippen MR) is 89.6 cm³/mol. The zero-order chi connectivity index (χ0) is 19.2. The van der Waals surface area contributed by atoms with Crippen molar-refractivity contribution in [3.8, 4) is 0 Å². The van der Waals surface area contributed by atoms with Gasteiger partial charge in [-0.1, -0.05) is 57.9 Å². The first kappa shape index (κ1) is 23.9. The highest BCUT2D eigenvalue weighted by Crippen LogP contribution is 2.20. The lowest BCUT2D eigenvalue weighted by Crippen LogP contribution is -2.32. The molecule has 0 N–H and O–H groups in total. The van der Waals surface area contributed by atoms with Gasteiger partial charge in [0.1, 0.15) is 6.54 Å². The van der Waals surface area contributed by atoms with E-state index in [1.165, 1.54) is 64.3 Å². The van der Waals surface area contributed by atoms with Gasteiger partial charge in [0.25, 0.3) is 0 Å². The van der Waals surface area contributed by atoms with Crippen LogP contribution in [0.25, 0.3) is 0 Å². The molecule has 8 heteroatoms. The Hall–Kier alpha value is -1.15. The summed E-state index contributed by atoms with van der Waals surface area (Å²) in [6, 6.07) is 6.29. The van der Waals surface area contributed by atoms with Crippen LogP contribution >= 0.6 is 0 Å². The Morgan fingerprint density at radius 2 is 1.24 bits per heavy atom. The van der Waals surface area contributed by atoms with Gasteiger partial charge in [0.2, 0.25) is 0 Å². The lowest BCUT2D eigenvalue weighted by Gasteiger charge is -2.08. The molecule has 0 bridgehead atoms. The minimum absolute atomic E-state index is 1.18. The van der Waals surface area contributed by atoms with Crippen LogP contribution in [0.4, 0.5) is 13.2 Å². The van der Waals surface area contributed by atoms with Crippen LogP contribution in [0.5, 0.6) is 0 Å². The van der Waals surface area contributed by atoms with Crippen molar-refractivity contribution in [2.24, 2.45) is 0 Å². The second-order valence-electron chi connectivity index (χ2n) is 5.84. The topological polar surface area (TPSA) is 61.1 Å². The first-order valence-corrected chi connectivity index (χ1v) is 10.1. The second-order valence-corrected chi connectivity index (χ2v) is 7.21. The van der Waals surface area contributed by atoms with E-state index in [1.807, 2.05) is 0 Å². The normalized spacial score (nSPS) is 11.7. The number of alkyl halides is 3. The van der Waals surface area contributed by atoms with Gasteiger partial charge in [0.05, 0.1) is 0 Å². The first-order chi connectivity index (χ1) is 11.7. The fourth-order valence-electron chi connectivity index (χ4n) is 2.19. The smallest absolute Gasteiger partial charge is 0.485 e. The number of pyridine rings is 1. The molecular formula is C17H28F3NO3S. The molecule has 0 saturated carbocycles. The van der Waals surface area contributed by atoms with Gasteiger partial charge in [-0.3, -0.25) is 0 Å². The Bertz CT molecular complexity index is 534. The summed E-state index contributed by atoms with van der Waals surface area (Å²) in [5.41, 5.74) is -5.65. The van der Waals surface area contributed by atoms with E-state index < -0.39 is 15.6 Å². The van der Waals surface area contributed by atoms with Gasteiger partial charge in [0.15, 0.2) is 22.5 Å². The molecule has 0 aliphatic rings. The minimum Gasteiger partial charge on any atom is -0.741 e. The molecule has 0 radical (unpaired) electrons. The SMILES string of the molecule is CCCCCCCCCCC[n+]1ccccc1.O=S(=O)([O-])C(F)(F)F. The standard InChI is InChI=1S/C16H28N.CHF3O3S/c1-2-3-4-5-6-7-8-9-11-14-17-15-12-10-13-16-17;2-1(3,4)8(5,6)7/h10,12-13,15-16H,2-9,11,14H2,1H3;(H,5,6,7)/q+1;/p-1. The van der Waals surface area contributed by atoms with Gasteiger partial charge >= 0.3 is 5.51 Å². The van der Waals surface area contributed by atoms with Crippen LogP contribution in [0.1, 0.15) is 64.7 Å². The molecule has 0 atom stereocenters. The molecule has 4 nitrogen and oxygen atoms in total. The number of hydrogen-bond donors (Lipinski definition) is 0. The molecule has 0 aliphatic carbocycles. The van der Waals surface area contributed by atoms with Crippen LogP contribution in [0.15, 0.2) is 30.6 Å². The Labute approximate surface area is 148 Å². The van der Waals surface area contributed by atoms with E-state index in [2.05, 4.69) is 42.1 Å². The van der Waals surface area contributed by atoms with Crippen molar-refractivity contribution in [2.75, 3.05) is 0 Å². The van der Waals surface area contributed by atoms with Gasteiger partial charge in [0, 0.05) is 18.6 Å². The summed E-state index contributed by atoms with van der Waals surface area (Å²) in [6.45, 7) is 3.46. The van der Waals surface area contributed by atoms with Crippen molar-refractivity contribution in [3.63, 3.8) is 0 Å². The van der Waals surface area contributed by atoms with Crippen LogP contribution in [0.2, 0.25) is 0 Å². The zero-order valence-corrected chi connectivity index (χ0v) is 15.5. The molecule has 0 aromatic carbocycles. The number of hydrogen-bond acceptors (Lipinski definition) is 3. The Balaban J connectivity index is 0.000000609. The van der Waals surface area contributed by atoms with Crippen LogP contribution in [0.3, 0.4) is 0 Å². The molecule has 146 valence electrons. The van der Waals surface area contributed by atoms with Gasteiger partial charge in [-0.25, -0.2) is 13.0 Å². The predicted octanol–water partition coefficient (Wildman–Crippen LogP) is 4.56. The molecule has 1 aromatic rings. The largest absolute Gasteiger partial charge is 0.741 e. The third-order valence-corrected chi connectivity index (χ3v) is 4.15. The molecule has 25 heavy (non-hydrogen) atoms. The van der Waals surface area contributed by atoms with Crippen molar-refractivity contribution in [2.45, 2.75) is 76.8 Å². The molecule has 0 spiro atoms. The fourth-order valence-corrected chi connectivity index (χ4v) is 2.19. The number of aromatic nitrogens is 1. The minimum atomic E-state index is -6.09. The van der Waals surface area contributed by atoms with Crippen molar-refractivity contribution in [1.82, 2.24) is 0 Å². The monoisotopic (exact) mass is 383 g/mol. The van der Waals surface area contributed by atoms with Crippen molar-refractivity contribution in [1.29, 1.82) is 0 Å². The highest BCUT2D eigenvalue weighted by atomic mass is 32.2. The third-order valence-electron chi connectivity index (χ3n) is 3.58. The van der Waals surface area contributed by atoms with Gasteiger partial charge in [-0.2, -0.15) is 13.2 Å². The average molecular weight is 383 g/mol. The molecule has 1 aromatic heterocycles. The van der Waals surface area contributed by atoms with Crippen molar-refractivity contribution in [3.05, 3.63) is 30.6 Å². The van der Waals surface area contributed by atoms with Crippen molar-refractivity contribution >= 4 is 10.1 Å². The Morgan fingerprint density at radius 1 is 0.840 bits per heavy atom. The molecule has 0 amide bonds. The highest BCUT2D eigenvalue weighted by Gasteiger charge is 2.36. The maximum Gasteiger partial charge on any atom is 0.485 e. The summed E-state index contributed by atoms with van der Waals surface area (Å²) in [4.78, 5) is 0. The van der Waals surface area contributed by atoms with Gasteiger partial charge in [-0.05, 0) is 6.42 Å². The number of nitrogens with zero attached hydrogens (tertiary/aromatic N) is 1. The van der Waals surface area contributed by atoms with E-state index in [0.717, 1.165) is 0 Å². The summed E-state index contributed by atoms with van der Waals surface area (Å²) in [6.07, 6.45) is 17.0. The summed E-state index contributed by atoms with van der Waals surface area (Å²) in [5.74, 6) is 0. The second kappa shape index (κ2) is 13.1. The Morgan fingerprint density at radius 3 is 1.64 bits per heavy atom. The zero-order valence-electron chi connectivity index (χ0n) is 14.7. The molecule has 0 unspecified atom stereocenters. The number of rotatable bonds is 10. The summed E-state index contributed by atoms with van der Waals surface area (Å²) < 4.78 is 61.2. The average Bonchev–Trinajstić information content (AvgIpc) is 2.53. The summed E-state index contributed by atoms with van der Waals surface area (Å²) >= 11 is 0. The number of halogens is 3. The van der Waals surface area contributed by atoms with E-state index in [4.69, 9.17) is 13.0 Å². The van der Waals surface area contributed by atoms with Crippen LogP contribution < -0.4 is 4.57 Å². The number of unbranched alkanes of at least 4 members (excludes halogenated alkanes) is 8. The van der Waals surface area contributed by atoms with Crippen LogP contribution in [-0.2, 0) is 16.7 Å². The van der Waals surface area contributed by atoms with Gasteiger partial charge in [-0.15, -0.1) is 0 Å². The molecule has 0 fully saturated rings. The van der Waals surface area contributed by atoms with Gasteiger partial charge < -0.3 is 4.55 Å². The van der Waals surface area contributed by atoms with E-state index in [0.29, 0.717) is 0 Å². The van der Waals surface area contributed by atoms with Crippen LogP contribution in [0, 0.1) is 0 Å². The summed E-state index contributed by atoms with van der Waals surface area (Å²) in [7, 11) is -6.09. The third kappa shape index (κ3) is 13.8. The Kier molecular flexibility index (Phi) is 12.5. The van der Waals surface area contributed by atoms with E-state index in [1.54, 1.807) is 0 Å². The molecular weight excluding hydrogens is 355 g/mol. The maximum absolute atomic E-state index is 10.7. The molecule has 1 heterocycles. The molecule has 0 aliphatic heterocycles. The number of aryl methyl sites for hydroxylation is 1. The molecule has 0 saturated heterocycles. The van der Waals surface area contributed by atoms with E-state index in [9.17, 15) is 13.2 Å². The van der Waals surface area contributed by atoms with Crippen molar-refractivity contribution < 1.29 is 30.7 Å².